The lowest BCUT2D eigenvalue weighted by molar-refractivity contribution is -0.101. The van der Waals surface area contributed by atoms with Crippen LogP contribution in [0.4, 0.5) is 0 Å². The van der Waals surface area contributed by atoms with Gasteiger partial charge in [0, 0.05) is 0 Å². The van der Waals surface area contributed by atoms with Gasteiger partial charge in [0.1, 0.15) is 6.10 Å². The van der Waals surface area contributed by atoms with Gasteiger partial charge in [-0.25, -0.2) is 0 Å². The fraction of sp³-hybridized carbons (Fsp3) is 1.00. The van der Waals surface area contributed by atoms with Crippen LogP contribution in [-0.4, -0.2) is 28.2 Å². The van der Waals surface area contributed by atoms with Crippen molar-refractivity contribution in [2.45, 2.75) is 11.4 Å². The predicted octanol–water partition coefficient (Wildman–Crippen LogP) is -0.738. The van der Waals surface area contributed by atoms with Crippen molar-refractivity contribution in [3.05, 3.63) is 0 Å². The summed E-state index contributed by atoms with van der Waals surface area (Å²) in [7, 11) is 0. The van der Waals surface area contributed by atoms with Gasteiger partial charge in [-0.1, -0.05) is 11.6 Å². The molecule has 1 aliphatic rings. The molecule has 1 aliphatic heterocycles. The number of hydrogen-bond acceptors (Lipinski definition) is 3. The smallest absolute Gasteiger partial charge is 0.273 e. The summed E-state index contributed by atoms with van der Waals surface area (Å²) in [5.41, 5.74) is 0. The molecule has 7 heavy (non-hydrogen) atoms. The van der Waals surface area contributed by atoms with Gasteiger partial charge in [-0.2, -0.15) is 0 Å². The van der Waals surface area contributed by atoms with Gasteiger partial charge < -0.3 is 14.9 Å². The molecule has 0 spiro atoms. The van der Waals surface area contributed by atoms with Crippen molar-refractivity contribution in [1.82, 2.24) is 0 Å². The third-order valence-electron chi connectivity index (χ3n) is 0.743. The van der Waals surface area contributed by atoms with Crippen molar-refractivity contribution in [3.8, 4) is 0 Å². The minimum atomic E-state index is -2.14. The molecule has 0 radical (unpaired) electrons. The molecule has 3 nitrogen and oxygen atoms in total. The van der Waals surface area contributed by atoms with Crippen LogP contribution in [0.25, 0.3) is 0 Å². The minimum absolute atomic E-state index is 0.344. The number of halogens is 1. The Bertz CT molecular complexity index is 72.7. The van der Waals surface area contributed by atoms with Crippen LogP contribution < -0.4 is 0 Å². The Morgan fingerprint density at radius 1 is 1.71 bits per heavy atom. The summed E-state index contributed by atoms with van der Waals surface area (Å²) in [6, 6.07) is 0. The van der Waals surface area contributed by atoms with E-state index < -0.39 is 11.4 Å². The van der Waals surface area contributed by atoms with Crippen molar-refractivity contribution in [1.29, 1.82) is 0 Å². The molecular formula is C3H5ClO3. The zero-order chi connectivity index (χ0) is 5.49. The molecule has 0 aromatic carbocycles. The molecule has 0 amide bonds. The van der Waals surface area contributed by atoms with E-state index in [0.29, 0.717) is 6.61 Å². The molecule has 1 fully saturated rings. The van der Waals surface area contributed by atoms with Gasteiger partial charge in [0.25, 0.3) is 5.25 Å². The van der Waals surface area contributed by atoms with Crippen LogP contribution in [0.5, 0.6) is 0 Å². The first-order chi connectivity index (χ1) is 3.11. The first kappa shape index (κ1) is 5.31. The predicted molar refractivity (Wildman–Crippen MR) is 22.8 cm³/mol. The molecule has 1 atom stereocenters. The average Bonchev–Trinajstić information content (AvgIpc) is 1.99. The summed E-state index contributed by atoms with van der Waals surface area (Å²) in [4.78, 5) is 0. The second-order valence-electron chi connectivity index (χ2n) is 1.46. The lowest BCUT2D eigenvalue weighted by Gasteiger charge is -2.06. The molecule has 4 heteroatoms. The van der Waals surface area contributed by atoms with Gasteiger partial charge in [0.05, 0.1) is 6.61 Å². The number of epoxide rings is 1. The number of alkyl halides is 1. The normalized spacial score (nSPS) is 30.4. The molecular weight excluding hydrogens is 119 g/mol. The Labute approximate surface area is 45.5 Å². The van der Waals surface area contributed by atoms with Crippen molar-refractivity contribution < 1.29 is 14.9 Å². The van der Waals surface area contributed by atoms with Crippen LogP contribution in [-0.2, 0) is 4.74 Å². The lowest BCUT2D eigenvalue weighted by atomic mass is 10.5. The van der Waals surface area contributed by atoms with Crippen molar-refractivity contribution >= 4 is 11.6 Å². The Morgan fingerprint density at radius 2 is 2.14 bits per heavy atom. The highest BCUT2D eigenvalue weighted by atomic mass is 35.5. The highest BCUT2D eigenvalue weighted by Crippen LogP contribution is 2.24. The number of aliphatic hydroxyl groups is 2. The van der Waals surface area contributed by atoms with E-state index in [1.54, 1.807) is 0 Å². The first-order valence-corrected chi connectivity index (χ1v) is 2.24. The second-order valence-corrected chi connectivity index (χ2v) is 2.01. The van der Waals surface area contributed by atoms with E-state index in [2.05, 4.69) is 4.74 Å². The molecule has 2 N–H and O–H groups in total. The molecule has 0 aromatic rings. The quantitative estimate of drug-likeness (QED) is 0.275. The van der Waals surface area contributed by atoms with Crippen molar-refractivity contribution in [3.63, 3.8) is 0 Å². The van der Waals surface area contributed by atoms with E-state index in [9.17, 15) is 0 Å². The second kappa shape index (κ2) is 1.32. The minimum Gasteiger partial charge on any atom is -0.366 e. The highest BCUT2D eigenvalue weighted by Gasteiger charge is 2.42. The Morgan fingerprint density at radius 3 is 2.14 bits per heavy atom. The summed E-state index contributed by atoms with van der Waals surface area (Å²) in [5, 5.41) is 14.6. The van der Waals surface area contributed by atoms with Crippen molar-refractivity contribution in [2.75, 3.05) is 6.61 Å². The largest absolute Gasteiger partial charge is 0.366 e. The zero-order valence-corrected chi connectivity index (χ0v) is 4.22. The fourth-order valence-electron chi connectivity index (χ4n) is 0.260. The SMILES string of the molecule is OC(O)(Cl)C1CO1. The number of ether oxygens (including phenoxy) is 1. The van der Waals surface area contributed by atoms with Crippen LogP contribution in [0.1, 0.15) is 0 Å². The maximum atomic E-state index is 8.35. The zero-order valence-electron chi connectivity index (χ0n) is 3.47. The van der Waals surface area contributed by atoms with Gasteiger partial charge in [-0.05, 0) is 0 Å². The van der Waals surface area contributed by atoms with E-state index in [-0.39, 0.29) is 0 Å². The van der Waals surface area contributed by atoms with Gasteiger partial charge >= 0.3 is 0 Å². The summed E-state index contributed by atoms with van der Waals surface area (Å²) >= 11 is 4.92. The average molecular weight is 125 g/mol. The van der Waals surface area contributed by atoms with E-state index in [4.69, 9.17) is 21.8 Å². The molecule has 0 aromatic heterocycles. The summed E-state index contributed by atoms with van der Waals surface area (Å²) < 4.78 is 4.44. The van der Waals surface area contributed by atoms with Crippen LogP contribution in [0.2, 0.25) is 0 Å². The van der Waals surface area contributed by atoms with Crippen LogP contribution >= 0.6 is 11.6 Å². The van der Waals surface area contributed by atoms with E-state index in [1.165, 1.54) is 0 Å². The molecule has 0 bridgehead atoms. The van der Waals surface area contributed by atoms with Crippen molar-refractivity contribution in [2.24, 2.45) is 0 Å². The fourth-order valence-corrected chi connectivity index (χ4v) is 0.386. The summed E-state index contributed by atoms with van der Waals surface area (Å²) in [6.45, 7) is 0.344. The van der Waals surface area contributed by atoms with E-state index in [1.807, 2.05) is 0 Å². The van der Waals surface area contributed by atoms with Crippen LogP contribution in [0.3, 0.4) is 0 Å². The highest BCUT2D eigenvalue weighted by molar-refractivity contribution is 6.22. The Hall–Kier alpha value is 0.170. The third-order valence-corrected chi connectivity index (χ3v) is 0.986. The molecule has 1 heterocycles. The lowest BCUT2D eigenvalue weighted by Crippen LogP contribution is -2.26. The monoisotopic (exact) mass is 124 g/mol. The first-order valence-electron chi connectivity index (χ1n) is 1.86. The maximum Gasteiger partial charge on any atom is 0.273 e. The maximum absolute atomic E-state index is 8.35. The van der Waals surface area contributed by atoms with Gasteiger partial charge in [-0.15, -0.1) is 0 Å². The number of hydrogen-bond donors (Lipinski definition) is 2. The molecule has 1 unspecified atom stereocenters. The molecule has 0 aliphatic carbocycles. The van der Waals surface area contributed by atoms with Gasteiger partial charge in [-0.3, -0.25) is 0 Å². The summed E-state index contributed by atoms with van der Waals surface area (Å²) in [6.07, 6.45) is -0.575. The summed E-state index contributed by atoms with van der Waals surface area (Å²) in [5.74, 6) is 0. The molecule has 1 rings (SSSR count). The third kappa shape index (κ3) is 1.28. The standard InChI is InChI=1S/C3H5ClO3/c4-3(5,6)2-1-7-2/h2,5-6H,1H2. The van der Waals surface area contributed by atoms with Gasteiger partial charge in [0.15, 0.2) is 0 Å². The van der Waals surface area contributed by atoms with E-state index >= 15 is 0 Å². The molecule has 1 saturated heterocycles. The molecule has 42 valence electrons. The molecule has 0 saturated carbocycles. The van der Waals surface area contributed by atoms with Crippen LogP contribution in [0.15, 0.2) is 0 Å². The topological polar surface area (TPSA) is 53.0 Å². The number of rotatable bonds is 1. The van der Waals surface area contributed by atoms with Crippen LogP contribution in [0, 0.1) is 0 Å². The Balaban J connectivity index is 2.36. The van der Waals surface area contributed by atoms with E-state index in [0.717, 1.165) is 0 Å². The Kier molecular flexibility index (Phi) is 1.00. The van der Waals surface area contributed by atoms with Gasteiger partial charge in [0.2, 0.25) is 0 Å².